The number of esters is 2. The summed E-state index contributed by atoms with van der Waals surface area (Å²) in [7, 11) is 4.25. The van der Waals surface area contributed by atoms with Gasteiger partial charge in [-0.3, -0.25) is 14.4 Å². The van der Waals surface area contributed by atoms with Crippen molar-refractivity contribution in [2.24, 2.45) is 5.92 Å². The largest absolute Gasteiger partial charge is 0.497 e. The molecule has 1 N–H and O–H groups in total. The standard InChI is InChI=1S/C23H24N2O8/c1-30-17-8-9-18(19(11-17)31-2)24-20(26)13-33-23(29)15-10-21(27)25(12-15)16-6-4-14(5-7-16)22(28)32-3/h4-9,11,15H,10,12-13H2,1-3H3,(H,24,26)/t15-/m0/s1. The van der Waals surface area contributed by atoms with E-state index < -0.39 is 30.4 Å². The molecule has 0 bridgehead atoms. The topological polar surface area (TPSA) is 120 Å². The van der Waals surface area contributed by atoms with E-state index in [1.165, 1.54) is 38.4 Å². The molecule has 174 valence electrons. The lowest BCUT2D eigenvalue weighted by atomic mass is 10.1. The summed E-state index contributed by atoms with van der Waals surface area (Å²) in [6, 6.07) is 11.2. The van der Waals surface area contributed by atoms with E-state index in [0.29, 0.717) is 28.4 Å². The molecule has 1 fully saturated rings. The van der Waals surface area contributed by atoms with Crippen LogP contribution >= 0.6 is 0 Å². The fourth-order valence-corrected chi connectivity index (χ4v) is 3.35. The zero-order valence-corrected chi connectivity index (χ0v) is 18.5. The molecule has 1 aliphatic heterocycles. The van der Waals surface area contributed by atoms with Crippen LogP contribution in [0.3, 0.4) is 0 Å². The van der Waals surface area contributed by atoms with Gasteiger partial charge in [0.15, 0.2) is 6.61 Å². The Hall–Kier alpha value is -4.08. The maximum absolute atomic E-state index is 12.4. The molecule has 0 unspecified atom stereocenters. The SMILES string of the molecule is COC(=O)c1ccc(N2C[C@@H](C(=O)OCC(=O)Nc3ccc(OC)cc3OC)CC2=O)cc1. The second-order valence-electron chi connectivity index (χ2n) is 7.17. The fraction of sp³-hybridized carbons (Fsp3) is 0.304. The molecule has 2 aromatic rings. The Balaban J connectivity index is 1.54. The number of ether oxygens (including phenoxy) is 4. The van der Waals surface area contributed by atoms with Gasteiger partial charge in [0.1, 0.15) is 11.5 Å². The van der Waals surface area contributed by atoms with Gasteiger partial charge < -0.3 is 29.2 Å². The summed E-state index contributed by atoms with van der Waals surface area (Å²) in [5.74, 6) is -1.69. The molecule has 10 heteroatoms. The third kappa shape index (κ3) is 5.59. The maximum atomic E-state index is 12.4. The summed E-state index contributed by atoms with van der Waals surface area (Å²) in [4.78, 5) is 50.0. The van der Waals surface area contributed by atoms with Crippen molar-refractivity contribution in [3.63, 3.8) is 0 Å². The molecule has 2 aromatic carbocycles. The van der Waals surface area contributed by atoms with E-state index in [-0.39, 0.29) is 18.9 Å². The monoisotopic (exact) mass is 456 g/mol. The summed E-state index contributed by atoms with van der Waals surface area (Å²) in [5, 5.41) is 2.61. The van der Waals surface area contributed by atoms with Crippen LogP contribution in [0.15, 0.2) is 42.5 Å². The normalized spacial score (nSPS) is 15.1. The van der Waals surface area contributed by atoms with Crippen LogP contribution < -0.4 is 19.7 Å². The number of nitrogens with zero attached hydrogens (tertiary/aromatic N) is 1. The van der Waals surface area contributed by atoms with Gasteiger partial charge in [-0.15, -0.1) is 0 Å². The minimum atomic E-state index is -0.707. The summed E-state index contributed by atoms with van der Waals surface area (Å²) in [5.41, 5.74) is 1.30. The first-order valence-electron chi connectivity index (χ1n) is 10.0. The first-order chi connectivity index (χ1) is 15.9. The molecule has 1 atom stereocenters. The summed E-state index contributed by atoms with van der Waals surface area (Å²) in [6.07, 6.45) is -0.0362. The van der Waals surface area contributed by atoms with Crippen molar-refractivity contribution in [1.29, 1.82) is 0 Å². The van der Waals surface area contributed by atoms with E-state index in [1.54, 1.807) is 30.3 Å². The Morgan fingerprint density at radius 3 is 2.39 bits per heavy atom. The second kappa shape index (κ2) is 10.5. The van der Waals surface area contributed by atoms with E-state index in [1.807, 2.05) is 0 Å². The van der Waals surface area contributed by atoms with Gasteiger partial charge in [0, 0.05) is 24.7 Å². The van der Waals surface area contributed by atoms with Crippen molar-refractivity contribution < 1.29 is 38.1 Å². The molecule has 0 radical (unpaired) electrons. The van der Waals surface area contributed by atoms with Crippen LogP contribution in [-0.2, 0) is 23.9 Å². The van der Waals surface area contributed by atoms with Crippen LogP contribution in [0.4, 0.5) is 11.4 Å². The Labute approximate surface area is 190 Å². The van der Waals surface area contributed by atoms with Crippen molar-refractivity contribution in [3.05, 3.63) is 48.0 Å². The van der Waals surface area contributed by atoms with E-state index in [2.05, 4.69) is 10.1 Å². The number of methoxy groups -OCH3 is 3. The Morgan fingerprint density at radius 2 is 1.76 bits per heavy atom. The van der Waals surface area contributed by atoms with Crippen LogP contribution in [-0.4, -0.2) is 58.2 Å². The van der Waals surface area contributed by atoms with E-state index in [0.717, 1.165) is 0 Å². The van der Waals surface area contributed by atoms with Gasteiger partial charge in [0.05, 0.1) is 38.5 Å². The van der Waals surface area contributed by atoms with Gasteiger partial charge in [-0.2, -0.15) is 0 Å². The average Bonchev–Trinajstić information content (AvgIpc) is 3.23. The predicted molar refractivity (Wildman–Crippen MR) is 117 cm³/mol. The number of amides is 2. The first kappa shape index (κ1) is 23.6. The third-order valence-corrected chi connectivity index (χ3v) is 5.09. The van der Waals surface area contributed by atoms with Gasteiger partial charge in [-0.05, 0) is 36.4 Å². The summed E-state index contributed by atoms with van der Waals surface area (Å²) >= 11 is 0. The number of rotatable bonds is 8. The van der Waals surface area contributed by atoms with Crippen molar-refractivity contribution in [2.45, 2.75) is 6.42 Å². The highest BCUT2D eigenvalue weighted by Crippen LogP contribution is 2.29. The minimum absolute atomic E-state index is 0.0362. The van der Waals surface area contributed by atoms with Crippen molar-refractivity contribution >= 4 is 35.1 Å². The molecule has 33 heavy (non-hydrogen) atoms. The molecule has 0 spiro atoms. The molecule has 0 aliphatic carbocycles. The lowest BCUT2D eigenvalue weighted by molar-refractivity contribution is -0.151. The van der Waals surface area contributed by atoms with Gasteiger partial charge in [-0.25, -0.2) is 4.79 Å². The van der Waals surface area contributed by atoms with Crippen molar-refractivity contribution in [2.75, 3.05) is 44.7 Å². The third-order valence-electron chi connectivity index (χ3n) is 5.09. The van der Waals surface area contributed by atoms with E-state index >= 15 is 0 Å². The highest BCUT2D eigenvalue weighted by molar-refractivity contribution is 6.00. The fourth-order valence-electron chi connectivity index (χ4n) is 3.35. The van der Waals surface area contributed by atoms with E-state index in [9.17, 15) is 19.2 Å². The number of carbonyl (C=O) groups is 4. The quantitative estimate of drug-likeness (QED) is 0.599. The molecule has 2 amide bonds. The predicted octanol–water partition coefficient (Wildman–Crippen LogP) is 2.03. The van der Waals surface area contributed by atoms with Gasteiger partial charge in [0.25, 0.3) is 5.91 Å². The molecular weight excluding hydrogens is 432 g/mol. The Kier molecular flexibility index (Phi) is 7.50. The number of carbonyl (C=O) groups excluding carboxylic acids is 4. The molecule has 1 heterocycles. The van der Waals surface area contributed by atoms with Crippen LogP contribution in [0.25, 0.3) is 0 Å². The number of benzene rings is 2. The summed E-state index contributed by atoms with van der Waals surface area (Å²) < 4.78 is 20.1. The highest BCUT2D eigenvalue weighted by atomic mass is 16.5. The van der Waals surface area contributed by atoms with Crippen LogP contribution in [0, 0.1) is 5.92 Å². The lowest BCUT2D eigenvalue weighted by Crippen LogP contribution is -2.28. The van der Waals surface area contributed by atoms with Crippen LogP contribution in [0.5, 0.6) is 11.5 Å². The Morgan fingerprint density at radius 1 is 1.03 bits per heavy atom. The van der Waals surface area contributed by atoms with Crippen molar-refractivity contribution in [3.8, 4) is 11.5 Å². The number of hydrogen-bond acceptors (Lipinski definition) is 8. The molecule has 0 aromatic heterocycles. The molecular formula is C23H24N2O8. The molecule has 10 nitrogen and oxygen atoms in total. The van der Waals surface area contributed by atoms with E-state index in [4.69, 9.17) is 14.2 Å². The average molecular weight is 456 g/mol. The number of nitrogens with one attached hydrogen (secondary N) is 1. The Bertz CT molecular complexity index is 1050. The zero-order chi connectivity index (χ0) is 24.0. The molecule has 1 aliphatic rings. The summed E-state index contributed by atoms with van der Waals surface area (Å²) in [6.45, 7) is -0.393. The maximum Gasteiger partial charge on any atom is 0.337 e. The molecule has 1 saturated heterocycles. The second-order valence-corrected chi connectivity index (χ2v) is 7.17. The molecule has 0 saturated carbocycles. The number of anilines is 2. The van der Waals surface area contributed by atoms with Crippen molar-refractivity contribution in [1.82, 2.24) is 0 Å². The lowest BCUT2D eigenvalue weighted by Gasteiger charge is -2.17. The van der Waals surface area contributed by atoms with Gasteiger partial charge >= 0.3 is 11.9 Å². The number of hydrogen-bond donors (Lipinski definition) is 1. The van der Waals surface area contributed by atoms with Crippen LogP contribution in [0.2, 0.25) is 0 Å². The minimum Gasteiger partial charge on any atom is -0.497 e. The van der Waals surface area contributed by atoms with Crippen LogP contribution in [0.1, 0.15) is 16.8 Å². The molecule has 3 rings (SSSR count). The smallest absolute Gasteiger partial charge is 0.337 e. The van der Waals surface area contributed by atoms with Gasteiger partial charge in [-0.1, -0.05) is 0 Å². The van der Waals surface area contributed by atoms with Gasteiger partial charge in [0.2, 0.25) is 5.91 Å². The first-order valence-corrected chi connectivity index (χ1v) is 10.0. The highest BCUT2D eigenvalue weighted by Gasteiger charge is 2.36. The zero-order valence-electron chi connectivity index (χ0n) is 18.5.